The average Bonchev–Trinajstić information content (AvgIpc) is 2.60. The van der Waals surface area contributed by atoms with Gasteiger partial charge in [0.1, 0.15) is 0 Å². The van der Waals surface area contributed by atoms with Gasteiger partial charge in [0.05, 0.1) is 10.7 Å². The smallest absolute Gasteiger partial charge is 0.0962 e. The SMILES string of the molecule is CC(N)Cc1csc(C2CC2C)n1. The van der Waals surface area contributed by atoms with Crippen LogP contribution in [0.3, 0.4) is 0 Å². The largest absolute Gasteiger partial charge is 0.328 e. The number of aromatic nitrogens is 1. The minimum Gasteiger partial charge on any atom is -0.328 e. The summed E-state index contributed by atoms with van der Waals surface area (Å²) in [5.41, 5.74) is 6.89. The molecule has 3 atom stereocenters. The molecule has 0 spiro atoms. The van der Waals surface area contributed by atoms with Crippen LogP contribution in [0.5, 0.6) is 0 Å². The molecule has 0 amide bonds. The van der Waals surface area contributed by atoms with Gasteiger partial charge in [0.25, 0.3) is 0 Å². The van der Waals surface area contributed by atoms with Crippen molar-refractivity contribution in [1.29, 1.82) is 0 Å². The summed E-state index contributed by atoms with van der Waals surface area (Å²) in [6.07, 6.45) is 2.24. The van der Waals surface area contributed by atoms with Crippen LogP contribution in [0.4, 0.5) is 0 Å². The number of nitrogens with two attached hydrogens (primary N) is 1. The molecule has 1 saturated carbocycles. The van der Waals surface area contributed by atoms with E-state index in [1.54, 1.807) is 11.3 Å². The number of thiazole rings is 1. The summed E-state index contributed by atoms with van der Waals surface area (Å²) in [6, 6.07) is 0.228. The van der Waals surface area contributed by atoms with E-state index in [1.807, 2.05) is 6.92 Å². The standard InChI is InChI=1S/C10H16N2S/c1-6-3-9(6)10-12-8(5-13-10)4-7(2)11/h5-7,9H,3-4,11H2,1-2H3. The van der Waals surface area contributed by atoms with Crippen LogP contribution in [0.25, 0.3) is 0 Å². The van der Waals surface area contributed by atoms with Crippen LogP contribution >= 0.6 is 11.3 Å². The highest BCUT2D eigenvalue weighted by Gasteiger charge is 2.36. The van der Waals surface area contributed by atoms with E-state index >= 15 is 0 Å². The molecule has 2 rings (SSSR count). The molecule has 2 nitrogen and oxygen atoms in total. The van der Waals surface area contributed by atoms with Crippen molar-refractivity contribution >= 4 is 11.3 Å². The quantitative estimate of drug-likeness (QED) is 0.804. The molecule has 0 aromatic carbocycles. The van der Waals surface area contributed by atoms with Gasteiger partial charge in [-0.25, -0.2) is 4.98 Å². The Morgan fingerprint density at radius 3 is 3.00 bits per heavy atom. The van der Waals surface area contributed by atoms with E-state index in [1.165, 1.54) is 17.1 Å². The molecule has 3 unspecified atom stereocenters. The van der Waals surface area contributed by atoms with E-state index in [-0.39, 0.29) is 6.04 Å². The Labute approximate surface area is 83.2 Å². The van der Waals surface area contributed by atoms with Gasteiger partial charge >= 0.3 is 0 Å². The number of rotatable bonds is 3. The predicted octanol–water partition coefficient (Wildman–Crippen LogP) is 2.16. The average molecular weight is 196 g/mol. The summed E-state index contributed by atoms with van der Waals surface area (Å²) in [5, 5.41) is 3.48. The van der Waals surface area contributed by atoms with Gasteiger partial charge < -0.3 is 5.73 Å². The highest BCUT2D eigenvalue weighted by molar-refractivity contribution is 7.09. The van der Waals surface area contributed by atoms with Crippen molar-refractivity contribution < 1.29 is 0 Å². The van der Waals surface area contributed by atoms with Crippen LogP contribution < -0.4 is 5.73 Å². The van der Waals surface area contributed by atoms with Gasteiger partial charge in [-0.2, -0.15) is 0 Å². The minimum atomic E-state index is 0.228. The van der Waals surface area contributed by atoms with Crippen molar-refractivity contribution in [2.75, 3.05) is 0 Å². The van der Waals surface area contributed by atoms with Crippen LogP contribution in [0.2, 0.25) is 0 Å². The van der Waals surface area contributed by atoms with Gasteiger partial charge in [0.15, 0.2) is 0 Å². The zero-order chi connectivity index (χ0) is 9.42. The van der Waals surface area contributed by atoms with Gasteiger partial charge in [0.2, 0.25) is 0 Å². The monoisotopic (exact) mass is 196 g/mol. The van der Waals surface area contributed by atoms with Crippen molar-refractivity contribution in [2.45, 2.75) is 38.6 Å². The Hall–Kier alpha value is -0.410. The Bertz CT molecular complexity index is 293. The lowest BCUT2D eigenvalue weighted by Crippen LogP contribution is -2.17. The van der Waals surface area contributed by atoms with Gasteiger partial charge in [-0.3, -0.25) is 0 Å². The fourth-order valence-corrected chi connectivity index (χ4v) is 2.66. The molecule has 72 valence electrons. The van der Waals surface area contributed by atoms with Crippen molar-refractivity contribution in [1.82, 2.24) is 4.98 Å². The molecule has 0 aliphatic heterocycles. The van der Waals surface area contributed by atoms with E-state index < -0.39 is 0 Å². The summed E-state index contributed by atoms with van der Waals surface area (Å²) in [6.45, 7) is 4.32. The topological polar surface area (TPSA) is 38.9 Å². The third kappa shape index (κ3) is 2.09. The van der Waals surface area contributed by atoms with Crippen molar-refractivity contribution in [2.24, 2.45) is 11.7 Å². The van der Waals surface area contributed by atoms with Crippen molar-refractivity contribution in [3.63, 3.8) is 0 Å². The number of hydrogen-bond acceptors (Lipinski definition) is 3. The summed E-state index contributed by atoms with van der Waals surface area (Å²) < 4.78 is 0. The van der Waals surface area contributed by atoms with Crippen LogP contribution in [-0.4, -0.2) is 11.0 Å². The van der Waals surface area contributed by atoms with E-state index in [2.05, 4.69) is 17.3 Å². The van der Waals surface area contributed by atoms with E-state index in [9.17, 15) is 0 Å². The second kappa shape index (κ2) is 3.39. The zero-order valence-corrected chi connectivity index (χ0v) is 8.97. The second-order valence-corrected chi connectivity index (χ2v) is 5.07. The molecule has 2 N–H and O–H groups in total. The first-order valence-electron chi connectivity index (χ1n) is 4.86. The number of nitrogens with zero attached hydrogens (tertiary/aromatic N) is 1. The Morgan fingerprint density at radius 1 is 1.77 bits per heavy atom. The first-order chi connectivity index (χ1) is 6.16. The molecule has 1 aromatic rings. The molecule has 13 heavy (non-hydrogen) atoms. The molecule has 1 fully saturated rings. The third-order valence-corrected chi connectivity index (χ3v) is 3.55. The maximum atomic E-state index is 5.72. The summed E-state index contributed by atoms with van der Waals surface area (Å²) in [7, 11) is 0. The van der Waals surface area contributed by atoms with E-state index in [0.29, 0.717) is 0 Å². The van der Waals surface area contributed by atoms with Crippen molar-refractivity contribution in [3.8, 4) is 0 Å². The molecule has 0 radical (unpaired) electrons. The molecular formula is C10H16N2S. The first-order valence-corrected chi connectivity index (χ1v) is 5.74. The van der Waals surface area contributed by atoms with Crippen LogP contribution in [0.1, 0.15) is 36.9 Å². The fraction of sp³-hybridized carbons (Fsp3) is 0.700. The first kappa shape index (κ1) is 9.16. The van der Waals surface area contributed by atoms with Gasteiger partial charge in [0, 0.05) is 23.8 Å². The molecule has 1 aromatic heterocycles. The minimum absolute atomic E-state index is 0.228. The third-order valence-electron chi connectivity index (χ3n) is 2.53. The Balaban J connectivity index is 2.01. The lowest BCUT2D eigenvalue weighted by molar-refractivity contribution is 0.722. The molecule has 3 heteroatoms. The maximum Gasteiger partial charge on any atom is 0.0962 e. The maximum absolute atomic E-state index is 5.72. The molecule has 1 aliphatic rings. The van der Waals surface area contributed by atoms with E-state index in [0.717, 1.165) is 18.3 Å². The lowest BCUT2D eigenvalue weighted by atomic mass is 10.2. The van der Waals surface area contributed by atoms with Crippen LogP contribution in [-0.2, 0) is 6.42 Å². The van der Waals surface area contributed by atoms with Gasteiger partial charge in [-0.05, 0) is 19.3 Å². The van der Waals surface area contributed by atoms with Gasteiger partial charge in [-0.1, -0.05) is 6.92 Å². The number of hydrogen-bond donors (Lipinski definition) is 1. The molecule has 0 bridgehead atoms. The summed E-state index contributed by atoms with van der Waals surface area (Å²) in [4.78, 5) is 4.60. The van der Waals surface area contributed by atoms with Crippen LogP contribution in [0.15, 0.2) is 5.38 Å². The normalized spacial score (nSPS) is 28.8. The lowest BCUT2D eigenvalue weighted by Gasteiger charge is -1.99. The second-order valence-electron chi connectivity index (χ2n) is 4.18. The highest BCUT2D eigenvalue weighted by atomic mass is 32.1. The van der Waals surface area contributed by atoms with Crippen LogP contribution in [0, 0.1) is 5.92 Å². The van der Waals surface area contributed by atoms with Gasteiger partial charge in [-0.15, -0.1) is 11.3 Å². The Kier molecular flexibility index (Phi) is 2.39. The summed E-state index contributed by atoms with van der Waals surface area (Å²) in [5.74, 6) is 1.61. The molecule has 1 heterocycles. The predicted molar refractivity (Wildman–Crippen MR) is 56.0 cm³/mol. The molecular weight excluding hydrogens is 180 g/mol. The summed E-state index contributed by atoms with van der Waals surface area (Å²) >= 11 is 1.80. The zero-order valence-electron chi connectivity index (χ0n) is 8.16. The van der Waals surface area contributed by atoms with E-state index in [4.69, 9.17) is 5.73 Å². The fourth-order valence-electron chi connectivity index (χ4n) is 1.58. The Morgan fingerprint density at radius 2 is 2.46 bits per heavy atom. The molecule has 1 aliphatic carbocycles. The highest BCUT2D eigenvalue weighted by Crippen LogP contribution is 2.47. The van der Waals surface area contributed by atoms with Crippen molar-refractivity contribution in [3.05, 3.63) is 16.1 Å². The molecule has 0 saturated heterocycles.